The van der Waals surface area contributed by atoms with Crippen molar-refractivity contribution in [3.05, 3.63) is 30.7 Å². The third-order valence-electron chi connectivity index (χ3n) is 4.08. The topological polar surface area (TPSA) is 49.3 Å². The fraction of sp³-hybridized carbons (Fsp3) is 0.533. The molecule has 1 aliphatic carbocycles. The Morgan fingerprint density at radius 1 is 1.15 bits per heavy atom. The van der Waals surface area contributed by atoms with E-state index in [0.717, 1.165) is 51.3 Å². The molecule has 1 fully saturated rings. The quantitative estimate of drug-likeness (QED) is 0.765. The number of carbonyl (C=O) groups is 1. The fourth-order valence-corrected chi connectivity index (χ4v) is 2.89. The zero-order valence-corrected chi connectivity index (χ0v) is 11.6. The normalized spacial score (nSPS) is 22.9. The monoisotopic (exact) mass is 272 g/mol. The van der Waals surface area contributed by atoms with E-state index >= 15 is 0 Å². The van der Waals surface area contributed by atoms with Gasteiger partial charge in [0.25, 0.3) is 0 Å². The molecule has 1 amide bonds. The van der Waals surface area contributed by atoms with Crippen LogP contribution in [0, 0.1) is 5.92 Å². The SMILES string of the molecule is O=C([C@@H]1CC=CCC1)N1CCN(c2cnccn2)CC1. The summed E-state index contributed by atoms with van der Waals surface area (Å²) in [6.45, 7) is 3.26. The first-order valence-electron chi connectivity index (χ1n) is 7.29. The first-order valence-corrected chi connectivity index (χ1v) is 7.29. The molecule has 20 heavy (non-hydrogen) atoms. The van der Waals surface area contributed by atoms with E-state index in [4.69, 9.17) is 0 Å². The van der Waals surface area contributed by atoms with Gasteiger partial charge in [-0.2, -0.15) is 0 Å². The van der Waals surface area contributed by atoms with E-state index in [1.165, 1.54) is 0 Å². The Labute approximate surface area is 119 Å². The number of nitrogens with zero attached hydrogens (tertiary/aromatic N) is 4. The van der Waals surface area contributed by atoms with Crippen LogP contribution in [0.1, 0.15) is 19.3 Å². The van der Waals surface area contributed by atoms with Crippen molar-refractivity contribution in [1.29, 1.82) is 0 Å². The first-order chi connectivity index (χ1) is 9.84. The van der Waals surface area contributed by atoms with Gasteiger partial charge in [0.05, 0.1) is 6.20 Å². The van der Waals surface area contributed by atoms with Crippen molar-refractivity contribution < 1.29 is 4.79 Å². The largest absolute Gasteiger partial charge is 0.352 e. The Bertz CT molecular complexity index is 480. The number of hydrogen-bond donors (Lipinski definition) is 0. The second kappa shape index (κ2) is 6.03. The van der Waals surface area contributed by atoms with Gasteiger partial charge in [0.15, 0.2) is 0 Å². The van der Waals surface area contributed by atoms with Crippen molar-refractivity contribution in [2.24, 2.45) is 5.92 Å². The highest BCUT2D eigenvalue weighted by Gasteiger charge is 2.27. The highest BCUT2D eigenvalue weighted by atomic mass is 16.2. The van der Waals surface area contributed by atoms with Crippen LogP contribution in [0.3, 0.4) is 0 Å². The fourth-order valence-electron chi connectivity index (χ4n) is 2.89. The Morgan fingerprint density at radius 2 is 2.00 bits per heavy atom. The lowest BCUT2D eigenvalue weighted by atomic mass is 9.93. The lowest BCUT2D eigenvalue weighted by Crippen LogP contribution is -2.50. The van der Waals surface area contributed by atoms with Crippen LogP contribution in [-0.4, -0.2) is 47.0 Å². The molecular formula is C15H20N4O. The molecule has 1 aromatic rings. The van der Waals surface area contributed by atoms with Gasteiger partial charge in [-0.1, -0.05) is 12.2 Å². The van der Waals surface area contributed by atoms with Crippen molar-refractivity contribution in [2.75, 3.05) is 31.1 Å². The predicted octanol–water partition coefficient (Wildman–Crippen LogP) is 1.48. The molecule has 1 aliphatic heterocycles. The second-order valence-corrected chi connectivity index (χ2v) is 5.36. The number of aromatic nitrogens is 2. The average Bonchev–Trinajstić information content (AvgIpc) is 2.56. The van der Waals surface area contributed by atoms with E-state index in [-0.39, 0.29) is 5.92 Å². The molecule has 2 heterocycles. The molecular weight excluding hydrogens is 252 g/mol. The molecule has 0 saturated carbocycles. The van der Waals surface area contributed by atoms with E-state index in [9.17, 15) is 4.79 Å². The minimum absolute atomic E-state index is 0.197. The van der Waals surface area contributed by atoms with Gasteiger partial charge in [-0.25, -0.2) is 4.98 Å². The number of amides is 1. The van der Waals surface area contributed by atoms with Crippen LogP contribution in [0.25, 0.3) is 0 Å². The van der Waals surface area contributed by atoms with Crippen LogP contribution in [-0.2, 0) is 4.79 Å². The Hall–Kier alpha value is -1.91. The number of piperazine rings is 1. The highest BCUT2D eigenvalue weighted by Crippen LogP contribution is 2.22. The molecule has 1 saturated heterocycles. The van der Waals surface area contributed by atoms with Gasteiger partial charge in [0.1, 0.15) is 5.82 Å². The summed E-state index contributed by atoms with van der Waals surface area (Å²) in [6, 6.07) is 0. The summed E-state index contributed by atoms with van der Waals surface area (Å²) in [5, 5.41) is 0. The summed E-state index contributed by atoms with van der Waals surface area (Å²) in [5.41, 5.74) is 0. The molecule has 5 heteroatoms. The Morgan fingerprint density at radius 3 is 2.65 bits per heavy atom. The number of anilines is 1. The van der Waals surface area contributed by atoms with Crippen LogP contribution < -0.4 is 4.90 Å². The number of rotatable bonds is 2. The van der Waals surface area contributed by atoms with Gasteiger partial charge in [0.2, 0.25) is 5.91 Å². The molecule has 0 aromatic carbocycles. The number of allylic oxidation sites excluding steroid dienone is 2. The lowest BCUT2D eigenvalue weighted by Gasteiger charge is -2.37. The van der Waals surface area contributed by atoms with Crippen LogP contribution in [0.4, 0.5) is 5.82 Å². The number of hydrogen-bond acceptors (Lipinski definition) is 4. The minimum atomic E-state index is 0.197. The second-order valence-electron chi connectivity index (χ2n) is 5.36. The zero-order chi connectivity index (χ0) is 13.8. The van der Waals surface area contributed by atoms with E-state index < -0.39 is 0 Å². The van der Waals surface area contributed by atoms with Crippen LogP contribution in [0.15, 0.2) is 30.7 Å². The summed E-state index contributed by atoms with van der Waals surface area (Å²) < 4.78 is 0. The van der Waals surface area contributed by atoms with Gasteiger partial charge in [0, 0.05) is 44.5 Å². The van der Waals surface area contributed by atoms with Gasteiger partial charge < -0.3 is 9.80 Å². The van der Waals surface area contributed by atoms with Crippen LogP contribution in [0.5, 0.6) is 0 Å². The first kappa shape index (κ1) is 13.1. The third-order valence-corrected chi connectivity index (χ3v) is 4.08. The molecule has 0 radical (unpaired) electrons. The molecule has 0 N–H and O–H groups in total. The maximum Gasteiger partial charge on any atom is 0.226 e. The predicted molar refractivity (Wildman–Crippen MR) is 77.3 cm³/mol. The summed E-state index contributed by atoms with van der Waals surface area (Å²) >= 11 is 0. The van der Waals surface area contributed by atoms with Crippen LogP contribution >= 0.6 is 0 Å². The average molecular weight is 272 g/mol. The molecule has 0 bridgehead atoms. The van der Waals surface area contributed by atoms with E-state index in [0.29, 0.717) is 5.91 Å². The molecule has 1 atom stereocenters. The lowest BCUT2D eigenvalue weighted by molar-refractivity contribution is -0.136. The maximum absolute atomic E-state index is 12.4. The zero-order valence-electron chi connectivity index (χ0n) is 11.6. The van der Waals surface area contributed by atoms with Crippen molar-refractivity contribution in [3.63, 3.8) is 0 Å². The molecule has 0 spiro atoms. The van der Waals surface area contributed by atoms with Crippen molar-refractivity contribution in [1.82, 2.24) is 14.9 Å². The van der Waals surface area contributed by atoms with E-state index in [2.05, 4.69) is 27.0 Å². The standard InChI is InChI=1S/C15H20N4O/c20-15(13-4-2-1-3-5-13)19-10-8-18(9-11-19)14-12-16-6-7-17-14/h1-2,6-7,12-13H,3-5,8-11H2/t13-/m1/s1. The molecule has 0 unspecified atom stereocenters. The summed E-state index contributed by atoms with van der Waals surface area (Å²) in [5.74, 6) is 1.43. The summed E-state index contributed by atoms with van der Waals surface area (Å²) in [4.78, 5) is 25.1. The molecule has 106 valence electrons. The molecule has 1 aromatic heterocycles. The van der Waals surface area contributed by atoms with E-state index in [1.54, 1.807) is 18.6 Å². The Balaban J connectivity index is 1.56. The third kappa shape index (κ3) is 2.81. The molecule has 5 nitrogen and oxygen atoms in total. The van der Waals surface area contributed by atoms with Gasteiger partial charge in [-0.05, 0) is 19.3 Å². The summed E-state index contributed by atoms with van der Waals surface area (Å²) in [6.07, 6.45) is 12.4. The van der Waals surface area contributed by atoms with Crippen molar-refractivity contribution >= 4 is 11.7 Å². The van der Waals surface area contributed by atoms with Crippen molar-refractivity contribution in [2.45, 2.75) is 19.3 Å². The van der Waals surface area contributed by atoms with Gasteiger partial charge in [-0.3, -0.25) is 9.78 Å². The Kier molecular flexibility index (Phi) is 3.95. The van der Waals surface area contributed by atoms with Crippen molar-refractivity contribution in [3.8, 4) is 0 Å². The van der Waals surface area contributed by atoms with E-state index in [1.807, 2.05) is 4.90 Å². The smallest absolute Gasteiger partial charge is 0.226 e. The molecule has 2 aliphatic rings. The van der Waals surface area contributed by atoms with Crippen LogP contribution in [0.2, 0.25) is 0 Å². The minimum Gasteiger partial charge on any atom is -0.352 e. The number of carbonyl (C=O) groups excluding carboxylic acids is 1. The molecule has 3 rings (SSSR count). The van der Waals surface area contributed by atoms with Gasteiger partial charge >= 0.3 is 0 Å². The highest BCUT2D eigenvalue weighted by molar-refractivity contribution is 5.79. The maximum atomic E-state index is 12.4. The van der Waals surface area contributed by atoms with Gasteiger partial charge in [-0.15, -0.1) is 0 Å². The summed E-state index contributed by atoms with van der Waals surface area (Å²) in [7, 11) is 0.